The highest BCUT2D eigenvalue weighted by molar-refractivity contribution is 7.91. The quantitative estimate of drug-likeness (QED) is 0.0750. The molecule has 79 heavy (non-hydrogen) atoms. The molecule has 13 aromatic rings. The largest absolute Gasteiger partial charge is 0.412 e. The van der Waals surface area contributed by atoms with Crippen molar-refractivity contribution < 1.29 is 31.5 Å². The highest BCUT2D eigenvalue weighted by Crippen LogP contribution is 2.36. The average molecular weight is 1090 g/mol. The standard InChI is InChI=1S/C18H12.C13H10N2.C13H10O2S.C12H8N2.C8H6F4.CH3.Al.H3N.H2O.H/c1-2-8-14-13(7-1)15-9-3-4-11-17(15)18-12-6-5-10-16(14)18;1-2-6-11(7-3-1)15-10-14-12-8-4-5-9-13(12)15;14-16(15)12-7-3-1-5-10(12)9-11-6-2-4-8-13(11)16;1-3-9-5-6-10-4-2-8-14-12(10)11(9)13-7-1;1-3-5(9)7(11)4(2)8(12)6(3)10;;;;;/h1-12H;1-10H;1-8H,9H2;1-8H;1-2H3;1H3;;1H3;1H2;. The highest BCUT2D eigenvalue weighted by atomic mass is 32.2. The molecule has 0 amide bonds. The molecule has 395 valence electrons. The van der Waals surface area contributed by atoms with Crippen LogP contribution in [0.5, 0.6) is 0 Å². The van der Waals surface area contributed by atoms with Crippen LogP contribution in [-0.2, 0) is 16.3 Å². The van der Waals surface area contributed by atoms with Crippen LogP contribution in [0.15, 0.2) is 241 Å². The SMILES string of the molecule is Cc1c(F)c(F)c(C)c(F)c1F.N.O.O=S1(=O)c2ccccc2Cc2ccccc21.[CH3][AlH].c1ccc(-n2cnc3ccccc32)cc1.c1ccc2c(c1)c1ccccc1c1ccccc21.c1cnc2c(c1)ccc1cccnc12. The van der Waals surface area contributed by atoms with Gasteiger partial charge < -0.3 is 11.6 Å². The van der Waals surface area contributed by atoms with E-state index in [1.54, 1.807) is 36.7 Å². The normalized spacial score (nSPS) is 11.5. The van der Waals surface area contributed by atoms with Crippen LogP contribution in [-0.4, -0.2) is 49.7 Å². The van der Waals surface area contributed by atoms with Gasteiger partial charge in [0, 0.05) is 46.4 Å². The highest BCUT2D eigenvalue weighted by Gasteiger charge is 2.28. The van der Waals surface area contributed by atoms with E-state index in [9.17, 15) is 26.0 Å². The van der Waals surface area contributed by atoms with E-state index < -0.39 is 44.2 Å². The fourth-order valence-electron chi connectivity index (χ4n) is 9.29. The summed E-state index contributed by atoms with van der Waals surface area (Å²) >= 11 is 1.86. The molecule has 0 spiro atoms. The number of pyridine rings is 2. The number of sulfone groups is 1. The zero-order valence-corrected chi connectivity index (χ0v) is 45.8. The first kappa shape index (κ1) is 58.1. The molecular weight excluding hydrogens is 1030 g/mol. The summed E-state index contributed by atoms with van der Waals surface area (Å²) in [5.41, 5.74) is 5.79. The van der Waals surface area contributed by atoms with E-state index in [0.717, 1.165) is 63.5 Å². The zero-order valence-electron chi connectivity index (χ0n) is 43.6. The van der Waals surface area contributed by atoms with Crippen molar-refractivity contribution in [1.82, 2.24) is 25.7 Å². The van der Waals surface area contributed by atoms with E-state index >= 15 is 0 Å². The van der Waals surface area contributed by atoms with E-state index in [-0.39, 0.29) is 11.6 Å². The number of halogens is 4. The van der Waals surface area contributed by atoms with Crippen molar-refractivity contribution in [3.05, 3.63) is 277 Å². The molecule has 4 heterocycles. The molecule has 0 fully saturated rings. The number of nitrogens with zero attached hydrogens (tertiary/aromatic N) is 4. The summed E-state index contributed by atoms with van der Waals surface area (Å²) in [6, 6.07) is 70.9. The molecule has 14 rings (SSSR count). The van der Waals surface area contributed by atoms with Crippen molar-refractivity contribution in [2.45, 2.75) is 35.8 Å². The Morgan fingerprint density at radius 3 is 1.20 bits per heavy atom. The molecule has 0 aliphatic carbocycles. The third-order valence-electron chi connectivity index (χ3n) is 13.1. The molecule has 1 aliphatic heterocycles. The number of aromatic nitrogens is 4. The van der Waals surface area contributed by atoms with Gasteiger partial charge in [0.2, 0.25) is 9.84 Å². The Hall–Kier alpha value is -8.61. The predicted molar refractivity (Wildman–Crippen MR) is 316 cm³/mol. The molecule has 3 aromatic heterocycles. The Morgan fingerprint density at radius 1 is 0.430 bits per heavy atom. The van der Waals surface area contributed by atoms with Crippen molar-refractivity contribution in [3.63, 3.8) is 0 Å². The van der Waals surface area contributed by atoms with Crippen LogP contribution < -0.4 is 6.15 Å². The maximum absolute atomic E-state index is 12.7. The van der Waals surface area contributed by atoms with Gasteiger partial charge in [-0.25, -0.2) is 31.0 Å². The summed E-state index contributed by atoms with van der Waals surface area (Å²) in [6.45, 7) is 1.96. The molecule has 0 bridgehead atoms. The van der Waals surface area contributed by atoms with E-state index in [4.69, 9.17) is 0 Å². The summed E-state index contributed by atoms with van der Waals surface area (Å²) in [5.74, 6) is -3.28. The number of hydrogen-bond donors (Lipinski definition) is 1. The third kappa shape index (κ3) is 12.1. The fraction of sp³-hybridized carbons (Fsp3) is 0.0615. The van der Waals surface area contributed by atoms with E-state index in [0.29, 0.717) is 16.2 Å². The monoisotopic (exact) mass is 1090 g/mol. The van der Waals surface area contributed by atoms with Gasteiger partial charge in [-0.05, 0) is 106 Å². The topological polar surface area (TPSA) is 144 Å². The van der Waals surface area contributed by atoms with Gasteiger partial charge in [0.05, 0.1) is 31.9 Å². The van der Waals surface area contributed by atoms with Gasteiger partial charge in [-0.15, -0.1) is 5.79 Å². The molecule has 1 radical (unpaired) electrons. The summed E-state index contributed by atoms with van der Waals surface area (Å²) < 4.78 is 77.3. The van der Waals surface area contributed by atoms with Crippen molar-refractivity contribution in [3.8, 4) is 5.69 Å². The number of fused-ring (bicyclic) bond motifs is 12. The number of para-hydroxylation sites is 3. The van der Waals surface area contributed by atoms with E-state index in [2.05, 4.69) is 135 Å². The van der Waals surface area contributed by atoms with E-state index in [1.165, 1.54) is 32.3 Å². The third-order valence-corrected chi connectivity index (χ3v) is 15.0. The minimum Gasteiger partial charge on any atom is -0.412 e. The van der Waals surface area contributed by atoms with Crippen LogP contribution in [0.1, 0.15) is 22.3 Å². The Kier molecular flexibility index (Phi) is 19.2. The zero-order chi connectivity index (χ0) is 54.1. The lowest BCUT2D eigenvalue weighted by Gasteiger charge is -2.19. The van der Waals surface area contributed by atoms with Crippen LogP contribution in [0.4, 0.5) is 17.6 Å². The predicted octanol–water partition coefficient (Wildman–Crippen LogP) is 15.5. The second-order valence-electron chi connectivity index (χ2n) is 17.7. The van der Waals surface area contributed by atoms with Crippen molar-refractivity contribution >= 4 is 91.3 Å². The minimum absolute atomic E-state index is 0. The average Bonchev–Trinajstić information content (AvgIpc) is 4.11. The van der Waals surface area contributed by atoms with Crippen LogP contribution in [0.3, 0.4) is 0 Å². The summed E-state index contributed by atoms with van der Waals surface area (Å²) in [4.78, 5) is 14.0. The first-order chi connectivity index (χ1) is 37.5. The van der Waals surface area contributed by atoms with Gasteiger partial charge in [0.15, 0.2) is 39.6 Å². The lowest BCUT2D eigenvalue weighted by Crippen LogP contribution is -2.14. The molecule has 0 atom stereocenters. The first-order valence-electron chi connectivity index (χ1n) is 24.8. The minimum atomic E-state index is -3.30. The molecule has 10 aromatic carbocycles. The van der Waals surface area contributed by atoms with Crippen LogP contribution in [0.25, 0.3) is 70.8 Å². The van der Waals surface area contributed by atoms with Gasteiger partial charge in [-0.2, -0.15) is 0 Å². The van der Waals surface area contributed by atoms with Gasteiger partial charge in [-0.3, -0.25) is 14.5 Å². The molecule has 5 N–H and O–H groups in total. The summed E-state index contributed by atoms with van der Waals surface area (Å²) in [5, 5.41) is 10.3. The van der Waals surface area contributed by atoms with Gasteiger partial charge >= 0.3 is 0 Å². The lowest BCUT2D eigenvalue weighted by atomic mass is 9.95. The molecule has 1 aliphatic rings. The molecule has 8 nitrogen and oxygen atoms in total. The number of imidazole rings is 1. The Morgan fingerprint density at radius 2 is 0.785 bits per heavy atom. The van der Waals surface area contributed by atoms with Crippen molar-refractivity contribution in [1.29, 1.82) is 0 Å². The molecule has 0 saturated carbocycles. The first-order valence-corrected chi connectivity index (χ1v) is 27.7. The molecule has 14 heteroatoms. The number of rotatable bonds is 1. The summed E-state index contributed by atoms with van der Waals surface area (Å²) in [6.07, 6.45) is 6.17. The Balaban J connectivity index is 0.000000142. The number of hydrogen-bond acceptors (Lipinski definition) is 6. The fourth-order valence-corrected chi connectivity index (χ4v) is 11.0. The maximum atomic E-state index is 12.7. The maximum Gasteiger partial charge on any atom is 0.207 e. The van der Waals surface area contributed by atoms with E-state index in [1.807, 2.05) is 101 Å². The number of benzene rings is 10. The van der Waals surface area contributed by atoms with Crippen LogP contribution in [0, 0.1) is 37.1 Å². The van der Waals surface area contributed by atoms with Crippen LogP contribution >= 0.6 is 0 Å². The van der Waals surface area contributed by atoms with Gasteiger partial charge in [0.25, 0.3) is 0 Å². The molecule has 0 saturated heterocycles. The molecular formula is C65H55AlF4N5O3S. The van der Waals surface area contributed by atoms with Crippen molar-refractivity contribution in [2.75, 3.05) is 0 Å². The second kappa shape index (κ2) is 26.2. The molecule has 0 unspecified atom stereocenters. The summed E-state index contributed by atoms with van der Waals surface area (Å²) in [7, 11) is -3.30. The van der Waals surface area contributed by atoms with Crippen molar-refractivity contribution in [2.24, 2.45) is 0 Å². The smallest absolute Gasteiger partial charge is 0.207 e. The van der Waals surface area contributed by atoms with Gasteiger partial charge in [-0.1, -0.05) is 164 Å². The van der Waals surface area contributed by atoms with Crippen LogP contribution in [0.2, 0.25) is 5.79 Å². The van der Waals surface area contributed by atoms with Gasteiger partial charge in [0.1, 0.15) is 6.33 Å². The second-order valence-corrected chi connectivity index (χ2v) is 19.6. The Bertz CT molecular complexity index is 3920. The Labute approximate surface area is 463 Å². The lowest BCUT2D eigenvalue weighted by molar-refractivity contribution is 0.436.